The molecular formula is C16H27NO. The Bertz CT molecular complexity index is 350. The minimum absolute atomic E-state index is 0.238. The molecule has 3 rings (SSSR count). The molecule has 0 unspecified atom stereocenters. The molecule has 0 bridgehead atoms. The summed E-state index contributed by atoms with van der Waals surface area (Å²) >= 11 is 0. The third-order valence-corrected chi connectivity index (χ3v) is 5.22. The highest BCUT2D eigenvalue weighted by molar-refractivity contribution is 5.26. The predicted molar refractivity (Wildman–Crippen MR) is 74.7 cm³/mol. The van der Waals surface area contributed by atoms with E-state index in [0.717, 1.165) is 19.7 Å². The number of hydrogen-bond donors (Lipinski definition) is 1. The predicted octanol–water partition coefficient (Wildman–Crippen LogP) is 3.43. The summed E-state index contributed by atoms with van der Waals surface area (Å²) in [5, 5.41) is 3.54. The zero-order valence-corrected chi connectivity index (χ0v) is 12.0. The van der Waals surface area contributed by atoms with Crippen LogP contribution in [-0.4, -0.2) is 25.3 Å². The summed E-state index contributed by atoms with van der Waals surface area (Å²) in [6.07, 6.45) is 8.98. The van der Waals surface area contributed by atoms with E-state index < -0.39 is 0 Å². The van der Waals surface area contributed by atoms with Crippen molar-refractivity contribution in [3.05, 3.63) is 11.1 Å². The van der Waals surface area contributed by atoms with Crippen LogP contribution in [0.2, 0.25) is 0 Å². The van der Waals surface area contributed by atoms with Crippen molar-refractivity contribution in [2.75, 3.05) is 19.7 Å². The number of nitrogens with one attached hydrogen (secondary N) is 1. The van der Waals surface area contributed by atoms with Crippen molar-refractivity contribution >= 4 is 0 Å². The summed E-state index contributed by atoms with van der Waals surface area (Å²) in [6, 6.07) is 0. The van der Waals surface area contributed by atoms with E-state index in [2.05, 4.69) is 19.2 Å². The van der Waals surface area contributed by atoms with Crippen LogP contribution in [0.1, 0.15) is 58.8 Å². The number of ether oxygens (including phenoxy) is 1. The standard InChI is InChI=1S/C16H27NO/c1-15(2)12-17-9-5-14(15)13-6-10-18-16(11-13)7-3-4-8-16/h17H,3-12H2,1-2H3. The van der Waals surface area contributed by atoms with Gasteiger partial charge in [-0.2, -0.15) is 0 Å². The first-order valence-corrected chi connectivity index (χ1v) is 7.67. The normalized spacial score (nSPS) is 35.0. The van der Waals surface area contributed by atoms with Crippen molar-refractivity contribution in [3.63, 3.8) is 0 Å². The van der Waals surface area contributed by atoms with E-state index in [4.69, 9.17) is 4.74 Å². The van der Waals surface area contributed by atoms with Crippen molar-refractivity contribution < 1.29 is 4.74 Å². The van der Waals surface area contributed by atoms with Crippen molar-refractivity contribution in [1.82, 2.24) is 5.32 Å². The fourth-order valence-corrected chi connectivity index (χ4v) is 4.23. The highest BCUT2D eigenvalue weighted by Gasteiger charge is 2.40. The summed E-state index contributed by atoms with van der Waals surface area (Å²) in [6.45, 7) is 8.06. The number of rotatable bonds is 0. The van der Waals surface area contributed by atoms with Gasteiger partial charge in [0.05, 0.1) is 12.2 Å². The van der Waals surface area contributed by atoms with Crippen molar-refractivity contribution in [1.29, 1.82) is 0 Å². The van der Waals surface area contributed by atoms with E-state index in [-0.39, 0.29) is 5.60 Å². The van der Waals surface area contributed by atoms with E-state index in [9.17, 15) is 0 Å². The molecule has 2 nitrogen and oxygen atoms in total. The summed E-state index contributed by atoms with van der Waals surface area (Å²) < 4.78 is 6.17. The molecular weight excluding hydrogens is 222 g/mol. The third-order valence-electron chi connectivity index (χ3n) is 5.22. The Balaban J connectivity index is 1.85. The molecule has 2 heteroatoms. The maximum atomic E-state index is 6.17. The lowest BCUT2D eigenvalue weighted by Gasteiger charge is -2.41. The summed E-state index contributed by atoms with van der Waals surface area (Å²) in [5.74, 6) is 0. The molecule has 0 aromatic rings. The van der Waals surface area contributed by atoms with Gasteiger partial charge in [-0.05, 0) is 44.1 Å². The lowest BCUT2D eigenvalue weighted by atomic mass is 9.73. The van der Waals surface area contributed by atoms with Crippen LogP contribution in [0.5, 0.6) is 0 Å². The van der Waals surface area contributed by atoms with Gasteiger partial charge >= 0.3 is 0 Å². The van der Waals surface area contributed by atoms with Gasteiger partial charge in [0.15, 0.2) is 0 Å². The van der Waals surface area contributed by atoms with Crippen molar-refractivity contribution in [3.8, 4) is 0 Å². The minimum Gasteiger partial charge on any atom is -0.374 e. The maximum Gasteiger partial charge on any atom is 0.0719 e. The molecule has 0 radical (unpaired) electrons. The molecule has 1 spiro atoms. The molecule has 3 aliphatic rings. The van der Waals surface area contributed by atoms with E-state index in [0.29, 0.717) is 5.41 Å². The van der Waals surface area contributed by atoms with Crippen LogP contribution in [0.4, 0.5) is 0 Å². The van der Waals surface area contributed by atoms with Gasteiger partial charge in [-0.3, -0.25) is 0 Å². The first-order valence-electron chi connectivity index (χ1n) is 7.67. The van der Waals surface area contributed by atoms with Gasteiger partial charge in [0, 0.05) is 6.54 Å². The van der Waals surface area contributed by atoms with Crippen LogP contribution in [0, 0.1) is 5.41 Å². The van der Waals surface area contributed by atoms with Gasteiger partial charge in [-0.1, -0.05) is 37.8 Å². The zero-order valence-electron chi connectivity index (χ0n) is 12.0. The second-order valence-electron chi connectivity index (χ2n) is 7.06. The fraction of sp³-hybridized carbons (Fsp3) is 0.875. The topological polar surface area (TPSA) is 21.3 Å². The highest BCUT2D eigenvalue weighted by atomic mass is 16.5. The highest BCUT2D eigenvalue weighted by Crippen LogP contribution is 2.45. The zero-order chi connectivity index (χ0) is 12.6. The largest absolute Gasteiger partial charge is 0.374 e. The third kappa shape index (κ3) is 2.25. The molecule has 0 atom stereocenters. The summed E-state index contributed by atoms with van der Waals surface area (Å²) in [4.78, 5) is 0. The average Bonchev–Trinajstić information content (AvgIpc) is 2.76. The molecule has 102 valence electrons. The van der Waals surface area contributed by atoms with Crippen LogP contribution in [-0.2, 0) is 4.74 Å². The van der Waals surface area contributed by atoms with Crippen LogP contribution >= 0.6 is 0 Å². The van der Waals surface area contributed by atoms with E-state index in [1.807, 2.05) is 0 Å². The van der Waals surface area contributed by atoms with Crippen LogP contribution in [0.3, 0.4) is 0 Å². The second-order valence-corrected chi connectivity index (χ2v) is 7.06. The molecule has 1 aliphatic carbocycles. The Labute approximate surface area is 111 Å². The van der Waals surface area contributed by atoms with Gasteiger partial charge in [0.25, 0.3) is 0 Å². The molecule has 0 amide bonds. The van der Waals surface area contributed by atoms with Crippen molar-refractivity contribution in [2.45, 2.75) is 64.4 Å². The van der Waals surface area contributed by atoms with Crippen molar-refractivity contribution in [2.24, 2.45) is 5.41 Å². The minimum atomic E-state index is 0.238. The fourth-order valence-electron chi connectivity index (χ4n) is 4.23. The average molecular weight is 249 g/mol. The van der Waals surface area contributed by atoms with Crippen LogP contribution in [0.25, 0.3) is 0 Å². The Morgan fingerprint density at radius 1 is 1.11 bits per heavy atom. The Morgan fingerprint density at radius 3 is 2.61 bits per heavy atom. The van der Waals surface area contributed by atoms with Gasteiger partial charge in [0.2, 0.25) is 0 Å². The summed E-state index contributed by atoms with van der Waals surface area (Å²) in [7, 11) is 0. The Kier molecular flexibility index (Phi) is 3.27. The first-order chi connectivity index (χ1) is 8.61. The smallest absolute Gasteiger partial charge is 0.0719 e. The molecule has 0 aromatic carbocycles. The SMILES string of the molecule is CC1(C)CNCCC1=C1CCOC2(CCCC2)C1. The van der Waals surface area contributed by atoms with Crippen LogP contribution in [0.15, 0.2) is 11.1 Å². The molecule has 1 saturated carbocycles. The molecule has 1 N–H and O–H groups in total. The monoisotopic (exact) mass is 249 g/mol. The lowest BCUT2D eigenvalue weighted by molar-refractivity contribution is -0.0568. The van der Waals surface area contributed by atoms with Gasteiger partial charge in [-0.15, -0.1) is 0 Å². The first kappa shape index (κ1) is 12.7. The van der Waals surface area contributed by atoms with Crippen LogP contribution < -0.4 is 5.32 Å². The maximum absolute atomic E-state index is 6.17. The lowest BCUT2D eigenvalue weighted by Crippen LogP contribution is -2.41. The quantitative estimate of drug-likeness (QED) is 0.664. The van der Waals surface area contributed by atoms with E-state index >= 15 is 0 Å². The van der Waals surface area contributed by atoms with Gasteiger partial charge in [0.1, 0.15) is 0 Å². The van der Waals surface area contributed by atoms with E-state index in [1.54, 1.807) is 11.1 Å². The van der Waals surface area contributed by atoms with Gasteiger partial charge in [-0.25, -0.2) is 0 Å². The summed E-state index contributed by atoms with van der Waals surface area (Å²) in [5.41, 5.74) is 4.08. The van der Waals surface area contributed by atoms with E-state index in [1.165, 1.54) is 44.9 Å². The molecule has 0 aromatic heterocycles. The number of piperidine rings is 1. The molecule has 3 fully saturated rings. The molecule has 18 heavy (non-hydrogen) atoms. The molecule has 2 aliphatic heterocycles. The Morgan fingerprint density at radius 2 is 1.89 bits per heavy atom. The number of hydrogen-bond acceptors (Lipinski definition) is 2. The molecule has 2 heterocycles. The second kappa shape index (κ2) is 4.64. The van der Waals surface area contributed by atoms with Gasteiger partial charge < -0.3 is 10.1 Å². The Hall–Kier alpha value is -0.340. The molecule has 2 saturated heterocycles.